The Hall–Kier alpha value is -0.370. The summed E-state index contributed by atoms with van der Waals surface area (Å²) in [7, 11) is 0. The Kier molecular flexibility index (Phi) is 1.53. The first kappa shape index (κ1) is 7.29. The van der Waals surface area contributed by atoms with E-state index in [9.17, 15) is 4.79 Å². The molecule has 0 aromatic rings. The van der Waals surface area contributed by atoms with Crippen LogP contribution >= 0.6 is 0 Å². The Morgan fingerprint density at radius 1 is 1.45 bits per heavy atom. The summed E-state index contributed by atoms with van der Waals surface area (Å²) in [5, 5.41) is 8.90. The van der Waals surface area contributed by atoms with E-state index in [0.29, 0.717) is 5.78 Å². The molecule has 0 radical (unpaired) electrons. The molecule has 0 aromatic carbocycles. The first-order chi connectivity index (χ1) is 5.28. The Bertz CT molecular complexity index is 182. The van der Waals surface area contributed by atoms with Gasteiger partial charge in [0, 0.05) is 11.3 Å². The standard InChI is InChI=1S/C9H14O2/c10-6-7-2-1-3-9(4-5-9)8(7)11/h7,10H,1-6H2/t7-/m1/s1. The second-order valence-electron chi connectivity index (χ2n) is 3.92. The zero-order chi connectivity index (χ0) is 7.90. The first-order valence-electron chi connectivity index (χ1n) is 4.44. The van der Waals surface area contributed by atoms with Crippen molar-refractivity contribution < 1.29 is 9.90 Å². The molecular formula is C9H14O2. The van der Waals surface area contributed by atoms with Gasteiger partial charge in [0.15, 0.2) is 0 Å². The lowest BCUT2D eigenvalue weighted by atomic mass is 9.78. The molecule has 62 valence electrons. The number of rotatable bonds is 1. The summed E-state index contributed by atoms with van der Waals surface area (Å²) in [6, 6.07) is 0. The van der Waals surface area contributed by atoms with Crippen LogP contribution in [0.2, 0.25) is 0 Å². The highest BCUT2D eigenvalue weighted by molar-refractivity contribution is 5.90. The quantitative estimate of drug-likeness (QED) is 0.614. The average molecular weight is 154 g/mol. The van der Waals surface area contributed by atoms with Gasteiger partial charge in [0.1, 0.15) is 5.78 Å². The molecule has 0 aromatic heterocycles. The molecule has 2 rings (SSSR count). The van der Waals surface area contributed by atoms with Crippen LogP contribution in [0.4, 0.5) is 0 Å². The van der Waals surface area contributed by atoms with Gasteiger partial charge >= 0.3 is 0 Å². The van der Waals surface area contributed by atoms with Gasteiger partial charge in [-0.05, 0) is 25.7 Å². The van der Waals surface area contributed by atoms with E-state index in [1.807, 2.05) is 0 Å². The van der Waals surface area contributed by atoms with Gasteiger partial charge in [-0.3, -0.25) is 4.79 Å². The predicted octanol–water partition coefficient (Wildman–Crippen LogP) is 1.13. The van der Waals surface area contributed by atoms with Crippen molar-refractivity contribution in [1.82, 2.24) is 0 Å². The molecule has 2 fully saturated rings. The number of carbonyl (C=O) groups excluding carboxylic acids is 1. The molecule has 0 aliphatic heterocycles. The fourth-order valence-corrected chi connectivity index (χ4v) is 2.20. The number of ketones is 1. The lowest BCUT2D eigenvalue weighted by molar-refractivity contribution is -0.132. The van der Waals surface area contributed by atoms with Crippen molar-refractivity contribution >= 4 is 5.78 Å². The minimum absolute atomic E-state index is 0.0220. The largest absolute Gasteiger partial charge is 0.396 e. The van der Waals surface area contributed by atoms with Crippen LogP contribution in [-0.2, 0) is 4.79 Å². The van der Waals surface area contributed by atoms with Crippen LogP contribution in [0, 0.1) is 11.3 Å². The van der Waals surface area contributed by atoms with Crippen molar-refractivity contribution in [2.45, 2.75) is 32.1 Å². The third-order valence-corrected chi connectivity index (χ3v) is 3.18. The molecular weight excluding hydrogens is 140 g/mol. The van der Waals surface area contributed by atoms with E-state index < -0.39 is 0 Å². The van der Waals surface area contributed by atoms with E-state index in [4.69, 9.17) is 5.11 Å². The molecule has 2 aliphatic carbocycles. The van der Waals surface area contributed by atoms with Crippen LogP contribution < -0.4 is 0 Å². The van der Waals surface area contributed by atoms with Gasteiger partial charge in [-0.2, -0.15) is 0 Å². The number of aliphatic hydroxyl groups excluding tert-OH is 1. The molecule has 1 spiro atoms. The average Bonchev–Trinajstić information content (AvgIpc) is 2.77. The van der Waals surface area contributed by atoms with Crippen LogP contribution in [0.5, 0.6) is 0 Å². The van der Waals surface area contributed by atoms with Crippen molar-refractivity contribution in [1.29, 1.82) is 0 Å². The topological polar surface area (TPSA) is 37.3 Å². The fraction of sp³-hybridized carbons (Fsp3) is 0.889. The molecule has 11 heavy (non-hydrogen) atoms. The van der Waals surface area contributed by atoms with Crippen LogP contribution in [0.25, 0.3) is 0 Å². The second kappa shape index (κ2) is 2.31. The minimum atomic E-state index is -0.0220. The minimum Gasteiger partial charge on any atom is -0.396 e. The van der Waals surface area contributed by atoms with E-state index in [1.54, 1.807) is 0 Å². The molecule has 0 amide bonds. The zero-order valence-electron chi connectivity index (χ0n) is 6.68. The molecule has 2 aliphatic rings. The number of aliphatic hydroxyl groups is 1. The Morgan fingerprint density at radius 2 is 2.18 bits per heavy atom. The highest BCUT2D eigenvalue weighted by Gasteiger charge is 2.52. The lowest BCUT2D eigenvalue weighted by Gasteiger charge is -2.25. The maximum atomic E-state index is 11.6. The van der Waals surface area contributed by atoms with Crippen molar-refractivity contribution in [3.05, 3.63) is 0 Å². The van der Waals surface area contributed by atoms with Crippen molar-refractivity contribution in [2.24, 2.45) is 11.3 Å². The zero-order valence-corrected chi connectivity index (χ0v) is 6.68. The van der Waals surface area contributed by atoms with Gasteiger partial charge < -0.3 is 5.11 Å². The van der Waals surface area contributed by atoms with Gasteiger partial charge in [-0.25, -0.2) is 0 Å². The lowest BCUT2D eigenvalue weighted by Crippen LogP contribution is -2.31. The highest BCUT2D eigenvalue weighted by Crippen LogP contribution is 2.54. The van der Waals surface area contributed by atoms with Crippen LogP contribution in [0.1, 0.15) is 32.1 Å². The van der Waals surface area contributed by atoms with E-state index >= 15 is 0 Å². The van der Waals surface area contributed by atoms with E-state index in [-0.39, 0.29) is 17.9 Å². The summed E-state index contributed by atoms with van der Waals surface area (Å²) < 4.78 is 0. The van der Waals surface area contributed by atoms with Gasteiger partial charge in [0.25, 0.3) is 0 Å². The van der Waals surface area contributed by atoms with Crippen LogP contribution in [0.15, 0.2) is 0 Å². The maximum Gasteiger partial charge on any atom is 0.144 e. The van der Waals surface area contributed by atoms with Gasteiger partial charge in [0.05, 0.1) is 6.61 Å². The number of hydrogen-bond donors (Lipinski definition) is 1. The molecule has 0 saturated heterocycles. The third kappa shape index (κ3) is 1.00. The SMILES string of the molecule is O=C1[C@@H](CO)CCCC12CC2. The normalized spacial score (nSPS) is 34.3. The number of hydrogen-bond acceptors (Lipinski definition) is 2. The van der Waals surface area contributed by atoms with Crippen molar-refractivity contribution in [2.75, 3.05) is 6.61 Å². The Labute approximate surface area is 66.6 Å². The molecule has 0 unspecified atom stereocenters. The summed E-state index contributed by atoms with van der Waals surface area (Å²) >= 11 is 0. The second-order valence-corrected chi connectivity index (χ2v) is 3.92. The molecule has 2 heteroatoms. The number of carbonyl (C=O) groups is 1. The van der Waals surface area contributed by atoms with Gasteiger partial charge in [0.2, 0.25) is 0 Å². The predicted molar refractivity (Wildman–Crippen MR) is 41.1 cm³/mol. The summed E-state index contributed by atoms with van der Waals surface area (Å²) in [5.74, 6) is 0.331. The smallest absolute Gasteiger partial charge is 0.144 e. The molecule has 2 nitrogen and oxygen atoms in total. The summed E-state index contributed by atoms with van der Waals surface area (Å²) in [5.41, 5.74) is 0.0612. The van der Waals surface area contributed by atoms with E-state index in [0.717, 1.165) is 32.1 Å². The van der Waals surface area contributed by atoms with Crippen LogP contribution in [0.3, 0.4) is 0 Å². The maximum absolute atomic E-state index is 11.6. The monoisotopic (exact) mass is 154 g/mol. The Balaban J connectivity index is 2.10. The molecule has 0 bridgehead atoms. The van der Waals surface area contributed by atoms with Gasteiger partial charge in [-0.15, -0.1) is 0 Å². The summed E-state index contributed by atoms with van der Waals surface area (Å²) in [4.78, 5) is 11.6. The fourth-order valence-electron chi connectivity index (χ4n) is 2.20. The van der Waals surface area contributed by atoms with E-state index in [1.165, 1.54) is 0 Å². The third-order valence-electron chi connectivity index (χ3n) is 3.18. The van der Waals surface area contributed by atoms with Gasteiger partial charge in [-0.1, -0.05) is 6.42 Å². The van der Waals surface area contributed by atoms with Crippen molar-refractivity contribution in [3.63, 3.8) is 0 Å². The molecule has 1 atom stereocenters. The molecule has 1 N–H and O–H groups in total. The summed E-state index contributed by atoms with van der Waals surface area (Å²) in [6.07, 6.45) is 5.31. The van der Waals surface area contributed by atoms with E-state index in [2.05, 4.69) is 0 Å². The molecule has 0 heterocycles. The number of Topliss-reactive ketones (excluding diaryl/α,β-unsaturated/α-hetero) is 1. The van der Waals surface area contributed by atoms with Crippen molar-refractivity contribution in [3.8, 4) is 0 Å². The first-order valence-corrected chi connectivity index (χ1v) is 4.44. The summed E-state index contributed by atoms with van der Waals surface area (Å²) in [6.45, 7) is 0.0700. The van der Waals surface area contributed by atoms with Crippen LogP contribution in [-0.4, -0.2) is 17.5 Å². The highest BCUT2D eigenvalue weighted by atomic mass is 16.3. The molecule has 2 saturated carbocycles. The Morgan fingerprint density at radius 3 is 2.73 bits per heavy atom.